The number of aromatic nitrogens is 1. The van der Waals surface area contributed by atoms with Crippen LogP contribution in [0.25, 0.3) is 6.08 Å². The van der Waals surface area contributed by atoms with E-state index < -0.39 is 23.3 Å². The molecule has 32 heavy (non-hydrogen) atoms. The van der Waals surface area contributed by atoms with E-state index in [9.17, 15) is 23.1 Å². The average molecular weight is 474 g/mol. The van der Waals surface area contributed by atoms with Gasteiger partial charge in [0.1, 0.15) is 22.1 Å². The summed E-state index contributed by atoms with van der Waals surface area (Å²) < 4.78 is 55.0. The Balaban J connectivity index is 2.41. The molecule has 0 saturated carbocycles. The molecule has 0 fully saturated rings. The molecule has 0 unspecified atom stereocenters. The molecule has 0 bridgehead atoms. The molecule has 0 saturated heterocycles. The van der Waals surface area contributed by atoms with Crippen molar-refractivity contribution in [1.29, 1.82) is 0 Å². The number of rotatable bonds is 9. The first-order chi connectivity index (χ1) is 14.9. The standard InChI is InChI=1S/C22H23ClF3NO5/c1-4-30-19(29)8-6-14-5-7-16(32-21(2,3)9-10-28)12-18(14)31-20-17(23)11-15(13-27-20)22(24,25)26/h5-8,11-13,28H,4,9-10H2,1-3H3/b8-6+. The quantitative estimate of drug-likeness (QED) is 0.374. The van der Waals surface area contributed by atoms with Gasteiger partial charge >= 0.3 is 12.1 Å². The van der Waals surface area contributed by atoms with Crippen molar-refractivity contribution >= 4 is 23.6 Å². The third kappa shape index (κ3) is 7.42. The maximum Gasteiger partial charge on any atom is 0.417 e. The smallest absolute Gasteiger partial charge is 0.417 e. The van der Waals surface area contributed by atoms with Crippen LogP contribution in [-0.4, -0.2) is 34.9 Å². The highest BCUT2D eigenvalue weighted by Gasteiger charge is 2.32. The highest BCUT2D eigenvalue weighted by atomic mass is 35.5. The fourth-order valence-electron chi connectivity index (χ4n) is 2.55. The second kappa shape index (κ2) is 10.7. The number of carbonyl (C=O) groups is 1. The molecule has 0 aliphatic heterocycles. The Kier molecular flexibility index (Phi) is 8.51. The molecule has 0 radical (unpaired) electrons. The van der Waals surface area contributed by atoms with Gasteiger partial charge < -0.3 is 19.3 Å². The summed E-state index contributed by atoms with van der Waals surface area (Å²) in [5, 5.41) is 8.85. The van der Waals surface area contributed by atoms with E-state index in [1.165, 1.54) is 18.2 Å². The molecule has 6 nitrogen and oxygen atoms in total. The Morgan fingerprint density at radius 1 is 1.25 bits per heavy atom. The molecule has 0 atom stereocenters. The fourth-order valence-corrected chi connectivity index (χ4v) is 2.76. The van der Waals surface area contributed by atoms with E-state index in [0.29, 0.717) is 30.0 Å². The minimum Gasteiger partial charge on any atom is -0.488 e. The van der Waals surface area contributed by atoms with Crippen molar-refractivity contribution in [2.24, 2.45) is 0 Å². The SMILES string of the molecule is CCOC(=O)/C=C/c1ccc(OC(C)(C)CCO)cc1Oc1ncc(C(F)(F)F)cc1Cl. The van der Waals surface area contributed by atoms with Crippen molar-refractivity contribution in [2.75, 3.05) is 13.2 Å². The molecule has 1 aromatic heterocycles. The highest BCUT2D eigenvalue weighted by Crippen LogP contribution is 2.37. The zero-order chi connectivity index (χ0) is 23.9. The molecular formula is C22H23ClF3NO5. The van der Waals surface area contributed by atoms with E-state index in [-0.39, 0.29) is 29.9 Å². The number of benzene rings is 1. The first kappa shape index (κ1) is 25.5. The number of ether oxygens (including phenoxy) is 3. The summed E-state index contributed by atoms with van der Waals surface area (Å²) in [6.07, 6.45) is -1.02. The second-order valence-electron chi connectivity index (χ2n) is 7.23. The summed E-state index contributed by atoms with van der Waals surface area (Å²) in [6, 6.07) is 5.41. The number of pyridine rings is 1. The molecule has 174 valence electrons. The van der Waals surface area contributed by atoms with Gasteiger partial charge in [-0.1, -0.05) is 11.6 Å². The van der Waals surface area contributed by atoms with Gasteiger partial charge in [0, 0.05) is 36.9 Å². The van der Waals surface area contributed by atoms with Gasteiger partial charge in [-0.25, -0.2) is 9.78 Å². The number of aliphatic hydroxyl groups excluding tert-OH is 1. The van der Waals surface area contributed by atoms with Crippen LogP contribution in [-0.2, 0) is 15.7 Å². The van der Waals surface area contributed by atoms with Crippen molar-refractivity contribution in [1.82, 2.24) is 4.98 Å². The summed E-state index contributed by atoms with van der Waals surface area (Å²) in [5.41, 5.74) is -1.30. The normalized spacial score (nSPS) is 12.1. The summed E-state index contributed by atoms with van der Waals surface area (Å²) in [4.78, 5) is 15.3. The maximum atomic E-state index is 12.9. The zero-order valence-corrected chi connectivity index (χ0v) is 18.5. The second-order valence-corrected chi connectivity index (χ2v) is 7.64. The van der Waals surface area contributed by atoms with Crippen molar-refractivity contribution in [2.45, 2.75) is 39.0 Å². The number of alkyl halides is 3. The summed E-state index contributed by atoms with van der Waals surface area (Å²) >= 11 is 5.96. The van der Waals surface area contributed by atoms with Crippen LogP contribution in [0.3, 0.4) is 0 Å². The van der Waals surface area contributed by atoms with Gasteiger partial charge in [0.05, 0.1) is 12.2 Å². The number of aliphatic hydroxyl groups is 1. The van der Waals surface area contributed by atoms with Gasteiger partial charge in [0.25, 0.3) is 0 Å². The first-order valence-electron chi connectivity index (χ1n) is 9.64. The number of nitrogens with zero attached hydrogens (tertiary/aromatic N) is 1. The number of halogens is 4. The lowest BCUT2D eigenvalue weighted by Crippen LogP contribution is -2.29. The molecule has 1 aromatic carbocycles. The van der Waals surface area contributed by atoms with E-state index in [0.717, 1.165) is 0 Å². The molecule has 0 aliphatic carbocycles. The summed E-state index contributed by atoms with van der Waals surface area (Å²) in [5.74, 6) is -0.322. The van der Waals surface area contributed by atoms with E-state index in [1.54, 1.807) is 32.9 Å². The molecule has 0 aliphatic rings. The van der Waals surface area contributed by atoms with Crippen LogP contribution in [0.1, 0.15) is 38.3 Å². The van der Waals surface area contributed by atoms with E-state index in [4.69, 9.17) is 25.8 Å². The third-order valence-corrected chi connectivity index (χ3v) is 4.39. The van der Waals surface area contributed by atoms with Gasteiger partial charge in [-0.2, -0.15) is 13.2 Å². The average Bonchev–Trinajstić information content (AvgIpc) is 2.68. The van der Waals surface area contributed by atoms with E-state index in [1.807, 2.05) is 0 Å². The largest absolute Gasteiger partial charge is 0.488 e. The van der Waals surface area contributed by atoms with Crippen molar-refractivity contribution in [3.63, 3.8) is 0 Å². The number of esters is 1. The van der Waals surface area contributed by atoms with E-state index in [2.05, 4.69) is 4.98 Å². The summed E-state index contributed by atoms with van der Waals surface area (Å²) in [7, 11) is 0. The van der Waals surface area contributed by atoms with E-state index >= 15 is 0 Å². The predicted molar refractivity (Wildman–Crippen MR) is 113 cm³/mol. The Morgan fingerprint density at radius 3 is 2.56 bits per heavy atom. The van der Waals surface area contributed by atoms with Gasteiger partial charge in [-0.05, 0) is 45.0 Å². The van der Waals surface area contributed by atoms with Crippen molar-refractivity contribution < 1.29 is 37.3 Å². The van der Waals surface area contributed by atoms with Crippen molar-refractivity contribution in [3.05, 3.63) is 52.7 Å². The fraction of sp³-hybridized carbons (Fsp3) is 0.364. The predicted octanol–water partition coefficient (Wildman–Crippen LogP) is 5.66. The molecule has 2 rings (SSSR count). The van der Waals surface area contributed by atoms with Crippen LogP contribution >= 0.6 is 11.6 Å². The van der Waals surface area contributed by atoms with Crippen LogP contribution in [0.2, 0.25) is 5.02 Å². The molecule has 0 amide bonds. The van der Waals surface area contributed by atoms with Gasteiger partial charge in [-0.3, -0.25) is 0 Å². The third-order valence-electron chi connectivity index (χ3n) is 4.12. The lowest BCUT2D eigenvalue weighted by molar-refractivity contribution is -0.138. The van der Waals surface area contributed by atoms with Crippen LogP contribution in [0.5, 0.6) is 17.4 Å². The Morgan fingerprint density at radius 2 is 1.97 bits per heavy atom. The lowest BCUT2D eigenvalue weighted by Gasteiger charge is -2.26. The Labute approximate surface area is 188 Å². The molecular weight excluding hydrogens is 451 g/mol. The summed E-state index contributed by atoms with van der Waals surface area (Å²) in [6.45, 7) is 5.35. The molecule has 1 N–H and O–H groups in total. The van der Waals surface area contributed by atoms with Crippen LogP contribution in [0.4, 0.5) is 13.2 Å². The molecule has 1 heterocycles. The van der Waals surface area contributed by atoms with Gasteiger partial charge in [-0.15, -0.1) is 0 Å². The highest BCUT2D eigenvalue weighted by molar-refractivity contribution is 6.31. The maximum absolute atomic E-state index is 12.9. The topological polar surface area (TPSA) is 77.9 Å². The Hall–Kier alpha value is -2.78. The first-order valence-corrected chi connectivity index (χ1v) is 10.0. The zero-order valence-electron chi connectivity index (χ0n) is 17.7. The van der Waals surface area contributed by atoms with Crippen LogP contribution in [0, 0.1) is 0 Å². The van der Waals surface area contributed by atoms with Gasteiger partial charge in [0.15, 0.2) is 0 Å². The lowest BCUT2D eigenvalue weighted by atomic mass is 10.1. The van der Waals surface area contributed by atoms with Crippen LogP contribution in [0.15, 0.2) is 36.5 Å². The monoisotopic (exact) mass is 473 g/mol. The van der Waals surface area contributed by atoms with Crippen LogP contribution < -0.4 is 9.47 Å². The van der Waals surface area contributed by atoms with Crippen molar-refractivity contribution in [3.8, 4) is 17.4 Å². The number of carbonyl (C=O) groups excluding carboxylic acids is 1. The Bertz CT molecular complexity index is 977. The van der Waals surface area contributed by atoms with Gasteiger partial charge in [0.2, 0.25) is 5.88 Å². The minimum atomic E-state index is -4.60. The minimum absolute atomic E-state index is 0.0815. The molecule has 2 aromatic rings. The molecule has 0 spiro atoms. The molecule has 10 heteroatoms. The number of hydrogen-bond acceptors (Lipinski definition) is 6. The number of hydrogen-bond donors (Lipinski definition) is 1.